The van der Waals surface area contributed by atoms with Crippen LogP contribution in [0.2, 0.25) is 0 Å². The Labute approximate surface area is 295 Å². The first-order chi connectivity index (χ1) is 25.3. The van der Waals surface area contributed by atoms with Crippen molar-refractivity contribution in [3.8, 4) is 27.9 Å². The normalized spacial score (nSPS) is 11.5. The maximum absolute atomic E-state index is 6.17. The van der Waals surface area contributed by atoms with Crippen molar-refractivity contribution in [1.29, 1.82) is 0 Å². The van der Waals surface area contributed by atoms with Gasteiger partial charge in [0.1, 0.15) is 11.1 Å². The van der Waals surface area contributed by atoms with Gasteiger partial charge in [-0.05, 0) is 95.1 Å². The number of benzene rings is 7. The van der Waals surface area contributed by atoms with Gasteiger partial charge < -0.3 is 13.9 Å². The summed E-state index contributed by atoms with van der Waals surface area (Å²) >= 11 is 0. The molecule has 0 radical (unpaired) electrons. The average molecular weight is 654 g/mol. The monoisotopic (exact) mass is 653 g/mol. The van der Waals surface area contributed by atoms with E-state index in [0.717, 1.165) is 50.4 Å². The first kappa shape index (κ1) is 29.0. The Balaban J connectivity index is 1.11. The summed E-state index contributed by atoms with van der Waals surface area (Å²) in [5.74, 6) is 0. The second-order valence-electron chi connectivity index (χ2n) is 12.8. The number of para-hydroxylation sites is 2. The molecule has 0 atom stereocenters. The summed E-state index contributed by atoms with van der Waals surface area (Å²) in [6, 6.07) is 64.5. The van der Waals surface area contributed by atoms with Gasteiger partial charge in [-0.2, -0.15) is 0 Å². The highest BCUT2D eigenvalue weighted by Crippen LogP contribution is 2.41. The number of aromatic nitrogens is 2. The van der Waals surface area contributed by atoms with Gasteiger partial charge in [-0.3, -0.25) is 4.98 Å². The lowest BCUT2D eigenvalue weighted by Crippen LogP contribution is -2.10. The minimum absolute atomic E-state index is 0.784. The zero-order chi connectivity index (χ0) is 33.7. The van der Waals surface area contributed by atoms with Gasteiger partial charge >= 0.3 is 0 Å². The van der Waals surface area contributed by atoms with Crippen LogP contribution in [0.4, 0.5) is 17.1 Å². The van der Waals surface area contributed by atoms with Crippen molar-refractivity contribution in [2.24, 2.45) is 0 Å². The van der Waals surface area contributed by atoms with Gasteiger partial charge in [0.05, 0.1) is 11.0 Å². The molecule has 0 fully saturated rings. The number of rotatable bonds is 6. The highest BCUT2D eigenvalue weighted by atomic mass is 16.3. The molecule has 0 spiro atoms. The fourth-order valence-corrected chi connectivity index (χ4v) is 7.43. The van der Waals surface area contributed by atoms with Gasteiger partial charge in [0.25, 0.3) is 0 Å². The molecular formula is C47H31N3O. The molecule has 0 saturated carbocycles. The molecular weight excluding hydrogens is 623 g/mol. The molecule has 10 aromatic rings. The molecule has 3 heterocycles. The fraction of sp³-hybridized carbons (Fsp3) is 0. The van der Waals surface area contributed by atoms with Crippen LogP contribution < -0.4 is 4.90 Å². The van der Waals surface area contributed by atoms with Crippen molar-refractivity contribution in [3.05, 3.63) is 188 Å². The zero-order valence-electron chi connectivity index (χ0n) is 27.6. The van der Waals surface area contributed by atoms with Crippen LogP contribution in [0.3, 0.4) is 0 Å². The Morgan fingerprint density at radius 1 is 0.412 bits per heavy atom. The third-order valence-corrected chi connectivity index (χ3v) is 9.84. The van der Waals surface area contributed by atoms with E-state index in [4.69, 9.17) is 4.42 Å². The summed E-state index contributed by atoms with van der Waals surface area (Å²) in [4.78, 5) is 7.00. The maximum atomic E-state index is 6.17. The van der Waals surface area contributed by atoms with E-state index in [9.17, 15) is 0 Å². The number of hydrogen-bond acceptors (Lipinski definition) is 3. The van der Waals surface area contributed by atoms with Crippen molar-refractivity contribution in [3.63, 3.8) is 0 Å². The standard InChI is InChI=1S/C47H31N3O/c1-2-10-32(11-3-1)33-19-21-34(22-20-33)35-23-25-36(26-24-35)49(39-27-28-45-42(31-39)47-46(51-45)18-9-29-48-47)37-12-8-13-38(30-37)50-43-16-6-4-14-40(43)41-15-5-7-17-44(41)50/h1-31H. The third kappa shape index (κ3) is 4.96. The van der Waals surface area contributed by atoms with Crippen molar-refractivity contribution >= 4 is 60.9 Å². The van der Waals surface area contributed by atoms with Gasteiger partial charge in [0.15, 0.2) is 5.58 Å². The fourth-order valence-electron chi connectivity index (χ4n) is 7.43. The summed E-state index contributed by atoms with van der Waals surface area (Å²) in [7, 11) is 0. The number of hydrogen-bond donors (Lipinski definition) is 0. The summed E-state index contributed by atoms with van der Waals surface area (Å²) in [6.45, 7) is 0. The first-order valence-electron chi connectivity index (χ1n) is 17.2. The van der Waals surface area contributed by atoms with Crippen LogP contribution in [-0.2, 0) is 0 Å². The maximum Gasteiger partial charge on any atom is 0.153 e. The summed E-state index contributed by atoms with van der Waals surface area (Å²) < 4.78 is 8.53. The Morgan fingerprint density at radius 2 is 1.00 bits per heavy atom. The molecule has 51 heavy (non-hydrogen) atoms. The quantitative estimate of drug-likeness (QED) is 0.179. The molecule has 240 valence electrons. The smallest absolute Gasteiger partial charge is 0.153 e. The summed E-state index contributed by atoms with van der Waals surface area (Å²) in [6.07, 6.45) is 1.82. The Hall–Kier alpha value is -6.91. The lowest BCUT2D eigenvalue weighted by molar-refractivity contribution is 0.668. The molecule has 0 unspecified atom stereocenters. The molecule has 3 aromatic heterocycles. The van der Waals surface area contributed by atoms with Crippen molar-refractivity contribution in [2.45, 2.75) is 0 Å². The van der Waals surface area contributed by atoms with Crippen LogP contribution in [-0.4, -0.2) is 9.55 Å². The van der Waals surface area contributed by atoms with E-state index in [-0.39, 0.29) is 0 Å². The Kier molecular flexibility index (Phi) is 6.78. The Bertz CT molecular complexity index is 2800. The number of fused-ring (bicyclic) bond motifs is 6. The summed E-state index contributed by atoms with van der Waals surface area (Å²) in [5, 5.41) is 3.47. The van der Waals surface area contributed by atoms with E-state index in [2.05, 4.69) is 184 Å². The molecule has 0 bridgehead atoms. The second-order valence-corrected chi connectivity index (χ2v) is 12.8. The van der Waals surface area contributed by atoms with E-state index >= 15 is 0 Å². The van der Waals surface area contributed by atoms with Gasteiger partial charge in [-0.1, -0.05) is 109 Å². The molecule has 0 aliphatic carbocycles. The van der Waals surface area contributed by atoms with E-state index in [0.29, 0.717) is 0 Å². The second kappa shape index (κ2) is 11.9. The van der Waals surface area contributed by atoms with Crippen LogP contribution in [0.15, 0.2) is 193 Å². The van der Waals surface area contributed by atoms with Crippen LogP contribution >= 0.6 is 0 Å². The van der Waals surface area contributed by atoms with Crippen molar-refractivity contribution in [2.75, 3.05) is 4.90 Å². The zero-order valence-corrected chi connectivity index (χ0v) is 27.6. The van der Waals surface area contributed by atoms with Crippen LogP contribution in [0, 0.1) is 0 Å². The number of anilines is 3. The number of furan rings is 1. The molecule has 4 nitrogen and oxygen atoms in total. The van der Waals surface area contributed by atoms with Gasteiger partial charge in [-0.25, -0.2) is 0 Å². The first-order valence-corrected chi connectivity index (χ1v) is 17.2. The van der Waals surface area contributed by atoms with Gasteiger partial charge in [0.2, 0.25) is 0 Å². The van der Waals surface area contributed by atoms with Crippen molar-refractivity contribution in [1.82, 2.24) is 9.55 Å². The minimum Gasteiger partial charge on any atom is -0.454 e. The topological polar surface area (TPSA) is 34.2 Å². The van der Waals surface area contributed by atoms with E-state index in [1.807, 2.05) is 18.3 Å². The molecule has 0 aliphatic rings. The number of pyridine rings is 1. The Morgan fingerprint density at radius 3 is 1.71 bits per heavy atom. The predicted molar refractivity (Wildman–Crippen MR) is 211 cm³/mol. The predicted octanol–water partition coefficient (Wildman–Crippen LogP) is 12.9. The van der Waals surface area contributed by atoms with Crippen LogP contribution in [0.1, 0.15) is 0 Å². The van der Waals surface area contributed by atoms with E-state index in [1.54, 1.807) is 0 Å². The van der Waals surface area contributed by atoms with Crippen LogP contribution in [0.5, 0.6) is 0 Å². The van der Waals surface area contributed by atoms with Crippen molar-refractivity contribution < 1.29 is 4.42 Å². The highest BCUT2D eigenvalue weighted by Gasteiger charge is 2.18. The lowest BCUT2D eigenvalue weighted by Gasteiger charge is -2.26. The molecule has 0 aliphatic heterocycles. The average Bonchev–Trinajstić information content (AvgIpc) is 3.75. The minimum atomic E-state index is 0.784. The molecule has 10 rings (SSSR count). The molecule has 7 aromatic carbocycles. The lowest BCUT2D eigenvalue weighted by atomic mass is 10.00. The molecule has 0 N–H and O–H groups in total. The van der Waals surface area contributed by atoms with E-state index < -0.39 is 0 Å². The molecule has 0 amide bonds. The highest BCUT2D eigenvalue weighted by molar-refractivity contribution is 6.09. The van der Waals surface area contributed by atoms with Gasteiger partial charge in [-0.15, -0.1) is 0 Å². The van der Waals surface area contributed by atoms with Crippen LogP contribution in [0.25, 0.3) is 71.8 Å². The van der Waals surface area contributed by atoms with Gasteiger partial charge in [0, 0.05) is 45.1 Å². The summed E-state index contributed by atoms with van der Waals surface area (Å²) in [5.41, 5.74) is 13.8. The number of nitrogens with zero attached hydrogens (tertiary/aromatic N) is 3. The largest absolute Gasteiger partial charge is 0.454 e. The third-order valence-electron chi connectivity index (χ3n) is 9.84. The molecule has 0 saturated heterocycles. The SMILES string of the molecule is c1ccc(-c2ccc(-c3ccc(N(c4cccc(-n5c6ccccc6c6ccccc65)c4)c4ccc5oc6cccnc6c5c4)cc3)cc2)cc1. The van der Waals surface area contributed by atoms with E-state index in [1.165, 1.54) is 38.5 Å². The molecule has 4 heteroatoms.